The Balaban J connectivity index is 1.70. The van der Waals surface area contributed by atoms with Crippen molar-refractivity contribution in [2.45, 2.75) is 31.2 Å². The summed E-state index contributed by atoms with van der Waals surface area (Å²) in [6, 6.07) is 16.8. The van der Waals surface area contributed by atoms with Gasteiger partial charge in [-0.25, -0.2) is 0 Å². The molecule has 0 spiro atoms. The van der Waals surface area contributed by atoms with E-state index in [1.165, 1.54) is 5.56 Å². The number of rotatable bonds is 6. The lowest BCUT2D eigenvalue weighted by molar-refractivity contribution is 0.479. The van der Waals surface area contributed by atoms with Crippen LogP contribution in [0.5, 0.6) is 0 Å². The van der Waals surface area contributed by atoms with Crippen molar-refractivity contribution in [1.82, 2.24) is 4.90 Å². The molecule has 3 rings (SSSR count). The molecule has 25 heavy (non-hydrogen) atoms. The van der Waals surface area contributed by atoms with Crippen molar-refractivity contribution in [3.63, 3.8) is 0 Å². The van der Waals surface area contributed by atoms with E-state index in [-0.39, 0.29) is 4.90 Å². The molecule has 2 aromatic carbocycles. The summed E-state index contributed by atoms with van der Waals surface area (Å²) < 4.78 is 29.1. The Morgan fingerprint density at radius 1 is 1.08 bits per heavy atom. The fourth-order valence-electron chi connectivity index (χ4n) is 2.90. The van der Waals surface area contributed by atoms with Gasteiger partial charge in [-0.1, -0.05) is 30.3 Å². The Morgan fingerprint density at radius 2 is 1.80 bits per heavy atom. The van der Waals surface area contributed by atoms with Crippen molar-refractivity contribution < 1.29 is 8.42 Å². The first-order valence-electron chi connectivity index (χ1n) is 8.55. The highest BCUT2D eigenvalue weighted by Crippen LogP contribution is 2.20. The van der Waals surface area contributed by atoms with Gasteiger partial charge < -0.3 is 10.2 Å². The number of hydrogen-bond acceptors (Lipinski definition) is 3. The molecule has 0 aromatic heterocycles. The Labute approximate surface area is 149 Å². The SMILES string of the molecule is CCN1CCCC1=NS(=O)(=O)c1ccc(NCc2ccccc2)cc1. The molecule has 5 nitrogen and oxygen atoms in total. The quantitative estimate of drug-likeness (QED) is 0.859. The second-order valence-corrected chi connectivity index (χ2v) is 7.63. The maximum Gasteiger partial charge on any atom is 0.283 e. The summed E-state index contributed by atoms with van der Waals surface area (Å²) in [6.07, 6.45) is 1.69. The Kier molecular flexibility index (Phi) is 5.38. The van der Waals surface area contributed by atoms with Crippen LogP contribution in [0.15, 0.2) is 63.9 Å². The topological polar surface area (TPSA) is 61.8 Å². The van der Waals surface area contributed by atoms with Crippen molar-refractivity contribution in [1.29, 1.82) is 0 Å². The van der Waals surface area contributed by atoms with Crippen LogP contribution in [0, 0.1) is 0 Å². The zero-order chi connectivity index (χ0) is 17.7. The summed E-state index contributed by atoms with van der Waals surface area (Å²) in [7, 11) is -3.65. The van der Waals surface area contributed by atoms with E-state index in [4.69, 9.17) is 0 Å². The van der Waals surface area contributed by atoms with Gasteiger partial charge in [0.25, 0.3) is 10.0 Å². The van der Waals surface area contributed by atoms with Crippen LogP contribution in [0.2, 0.25) is 0 Å². The van der Waals surface area contributed by atoms with E-state index >= 15 is 0 Å². The van der Waals surface area contributed by atoms with Gasteiger partial charge in [0.1, 0.15) is 5.84 Å². The highest BCUT2D eigenvalue weighted by Gasteiger charge is 2.21. The van der Waals surface area contributed by atoms with Gasteiger partial charge in [0, 0.05) is 31.7 Å². The van der Waals surface area contributed by atoms with Crippen LogP contribution in [0.25, 0.3) is 0 Å². The Bertz CT molecular complexity index is 831. The number of likely N-dealkylation sites (tertiary alicyclic amines) is 1. The predicted molar refractivity (Wildman–Crippen MR) is 101 cm³/mol. The molecule has 1 aliphatic heterocycles. The lowest BCUT2D eigenvalue weighted by Gasteiger charge is -2.15. The molecule has 1 saturated heterocycles. The van der Waals surface area contributed by atoms with Gasteiger partial charge in [0.2, 0.25) is 0 Å². The summed E-state index contributed by atoms with van der Waals surface area (Å²) in [4.78, 5) is 2.25. The van der Waals surface area contributed by atoms with E-state index in [2.05, 4.69) is 9.71 Å². The molecule has 0 unspecified atom stereocenters. The van der Waals surface area contributed by atoms with Crippen LogP contribution < -0.4 is 5.32 Å². The minimum atomic E-state index is -3.65. The molecule has 0 aliphatic carbocycles. The molecule has 1 N–H and O–H groups in total. The van der Waals surface area contributed by atoms with Gasteiger partial charge in [-0.05, 0) is 43.2 Å². The zero-order valence-electron chi connectivity index (χ0n) is 14.4. The number of amidine groups is 1. The largest absolute Gasteiger partial charge is 0.381 e. The number of hydrogen-bond donors (Lipinski definition) is 1. The van der Waals surface area contributed by atoms with Crippen LogP contribution in [0.1, 0.15) is 25.3 Å². The van der Waals surface area contributed by atoms with Crippen LogP contribution >= 0.6 is 0 Å². The van der Waals surface area contributed by atoms with E-state index in [9.17, 15) is 8.42 Å². The number of nitrogens with zero attached hydrogens (tertiary/aromatic N) is 2. The highest BCUT2D eigenvalue weighted by molar-refractivity contribution is 7.90. The minimum Gasteiger partial charge on any atom is -0.381 e. The second kappa shape index (κ2) is 7.70. The average molecular weight is 357 g/mol. The number of benzene rings is 2. The van der Waals surface area contributed by atoms with Crippen LogP contribution in [0.3, 0.4) is 0 Å². The van der Waals surface area contributed by atoms with Crippen molar-refractivity contribution in [2.24, 2.45) is 4.40 Å². The molecule has 0 amide bonds. The Morgan fingerprint density at radius 3 is 2.48 bits per heavy atom. The molecule has 0 radical (unpaired) electrons. The summed E-state index contributed by atoms with van der Waals surface area (Å²) in [5.74, 6) is 0.675. The second-order valence-electron chi connectivity index (χ2n) is 6.03. The van der Waals surface area contributed by atoms with Gasteiger partial charge >= 0.3 is 0 Å². The average Bonchev–Trinajstić information content (AvgIpc) is 3.07. The predicted octanol–water partition coefficient (Wildman–Crippen LogP) is 3.50. The van der Waals surface area contributed by atoms with Gasteiger partial charge in [0.05, 0.1) is 4.90 Å². The first-order valence-corrected chi connectivity index (χ1v) is 9.99. The smallest absolute Gasteiger partial charge is 0.283 e. The fourth-order valence-corrected chi connectivity index (χ4v) is 3.97. The molecule has 6 heteroatoms. The fraction of sp³-hybridized carbons (Fsp3) is 0.316. The number of sulfonamides is 1. The standard InChI is InChI=1S/C19H23N3O2S/c1-2-22-14-6-9-19(22)21-25(23,24)18-12-10-17(11-13-18)20-15-16-7-4-3-5-8-16/h3-5,7-8,10-13,20H,2,6,9,14-15H2,1H3. The zero-order valence-corrected chi connectivity index (χ0v) is 15.2. The first kappa shape index (κ1) is 17.5. The molecular weight excluding hydrogens is 334 g/mol. The van der Waals surface area contributed by atoms with Crippen molar-refractivity contribution in [3.05, 3.63) is 60.2 Å². The maximum absolute atomic E-state index is 12.5. The third-order valence-electron chi connectivity index (χ3n) is 4.29. The molecule has 1 heterocycles. The van der Waals surface area contributed by atoms with Crippen molar-refractivity contribution in [3.8, 4) is 0 Å². The maximum atomic E-state index is 12.5. The van der Waals surface area contributed by atoms with Gasteiger partial charge in [0.15, 0.2) is 0 Å². The number of anilines is 1. The van der Waals surface area contributed by atoms with E-state index < -0.39 is 10.0 Å². The monoisotopic (exact) mass is 357 g/mol. The molecular formula is C19H23N3O2S. The van der Waals surface area contributed by atoms with Gasteiger partial charge in [-0.3, -0.25) is 0 Å². The third-order valence-corrected chi connectivity index (χ3v) is 5.61. The highest BCUT2D eigenvalue weighted by atomic mass is 32.2. The van der Waals surface area contributed by atoms with Gasteiger partial charge in [-0.2, -0.15) is 8.42 Å². The van der Waals surface area contributed by atoms with E-state index in [0.29, 0.717) is 12.4 Å². The lowest BCUT2D eigenvalue weighted by atomic mass is 10.2. The van der Waals surface area contributed by atoms with E-state index in [0.717, 1.165) is 31.6 Å². The molecule has 2 aromatic rings. The molecule has 0 bridgehead atoms. The summed E-state index contributed by atoms with van der Waals surface area (Å²) in [5.41, 5.74) is 2.05. The molecule has 1 aliphatic rings. The van der Waals surface area contributed by atoms with E-state index in [1.807, 2.05) is 42.2 Å². The van der Waals surface area contributed by atoms with Crippen LogP contribution in [0.4, 0.5) is 5.69 Å². The van der Waals surface area contributed by atoms with Crippen LogP contribution in [-0.4, -0.2) is 32.2 Å². The lowest BCUT2D eigenvalue weighted by Crippen LogP contribution is -2.25. The first-order chi connectivity index (χ1) is 12.1. The minimum absolute atomic E-state index is 0.230. The normalized spacial score (nSPS) is 16.4. The molecule has 1 fully saturated rings. The van der Waals surface area contributed by atoms with E-state index in [1.54, 1.807) is 24.3 Å². The Hall–Kier alpha value is -2.34. The summed E-state index contributed by atoms with van der Waals surface area (Å²) in [5, 5.41) is 3.29. The summed E-state index contributed by atoms with van der Waals surface area (Å²) in [6.45, 7) is 4.38. The molecule has 0 saturated carbocycles. The third kappa shape index (κ3) is 4.39. The summed E-state index contributed by atoms with van der Waals surface area (Å²) >= 11 is 0. The number of nitrogens with one attached hydrogen (secondary N) is 1. The van der Waals surface area contributed by atoms with Crippen molar-refractivity contribution in [2.75, 3.05) is 18.4 Å². The van der Waals surface area contributed by atoms with Crippen molar-refractivity contribution >= 4 is 21.5 Å². The molecule has 0 atom stereocenters. The van der Waals surface area contributed by atoms with Gasteiger partial charge in [-0.15, -0.1) is 4.40 Å². The molecule has 132 valence electrons. The van der Waals surface area contributed by atoms with Crippen LogP contribution in [-0.2, 0) is 16.6 Å².